The molecule has 1 atom stereocenters. The molecule has 1 aliphatic rings. The van der Waals surface area contributed by atoms with Gasteiger partial charge in [-0.05, 0) is 26.7 Å². The molecule has 0 aliphatic heterocycles. The van der Waals surface area contributed by atoms with Crippen molar-refractivity contribution in [2.75, 3.05) is 0 Å². The number of aryl methyl sites for hydroxylation is 2. The van der Waals surface area contributed by atoms with Crippen LogP contribution in [0.3, 0.4) is 0 Å². The predicted octanol–water partition coefficient (Wildman–Crippen LogP) is 1.46. The number of ether oxygens (including phenoxy) is 1. The van der Waals surface area contributed by atoms with E-state index in [2.05, 4.69) is 21.5 Å². The molecular weight excluding hydrogens is 362 g/mol. The van der Waals surface area contributed by atoms with Gasteiger partial charge in [0.1, 0.15) is 16.9 Å². The summed E-state index contributed by atoms with van der Waals surface area (Å²) in [4.78, 5) is 40.0. The summed E-state index contributed by atoms with van der Waals surface area (Å²) in [5.74, 6) is -1.35. The van der Waals surface area contributed by atoms with Crippen molar-refractivity contribution in [3.05, 3.63) is 27.7 Å². The number of fused-ring (bicyclic) bond motifs is 1. The van der Waals surface area contributed by atoms with Gasteiger partial charge >= 0.3 is 5.97 Å². The lowest BCUT2D eigenvalue weighted by Gasteiger charge is -2.32. The number of hydrogen-bond acceptors (Lipinski definition) is 6. The number of nitrogens with one attached hydrogen (secondary N) is 2. The van der Waals surface area contributed by atoms with Gasteiger partial charge in [0.15, 0.2) is 11.5 Å². The SMILES string of the molecule is Cc1nn(C)c2[nH]c(C(=O)O[C@@H](C)C(=O)NC3(C#N)CCCCC3)cc(=O)c12. The highest BCUT2D eigenvalue weighted by Crippen LogP contribution is 2.27. The lowest BCUT2D eigenvalue weighted by Crippen LogP contribution is -2.52. The van der Waals surface area contributed by atoms with Crippen LogP contribution in [0.1, 0.15) is 55.2 Å². The predicted molar refractivity (Wildman–Crippen MR) is 101 cm³/mol. The fourth-order valence-corrected chi connectivity index (χ4v) is 3.61. The first-order valence-electron chi connectivity index (χ1n) is 9.27. The minimum Gasteiger partial charge on any atom is -0.448 e. The largest absolute Gasteiger partial charge is 0.448 e. The van der Waals surface area contributed by atoms with Crippen LogP contribution in [-0.2, 0) is 16.6 Å². The zero-order valence-electron chi connectivity index (χ0n) is 16.2. The average Bonchev–Trinajstić information content (AvgIpc) is 2.96. The molecule has 1 aliphatic carbocycles. The number of aromatic amines is 1. The van der Waals surface area contributed by atoms with E-state index < -0.39 is 23.5 Å². The van der Waals surface area contributed by atoms with Gasteiger partial charge in [-0.25, -0.2) is 4.79 Å². The summed E-state index contributed by atoms with van der Waals surface area (Å²) in [5, 5.41) is 16.8. The zero-order valence-corrected chi connectivity index (χ0v) is 16.2. The Morgan fingerprint density at radius 3 is 2.71 bits per heavy atom. The Morgan fingerprint density at radius 2 is 2.07 bits per heavy atom. The molecule has 0 bridgehead atoms. The minimum atomic E-state index is -1.10. The quantitative estimate of drug-likeness (QED) is 0.766. The highest BCUT2D eigenvalue weighted by Gasteiger charge is 2.35. The summed E-state index contributed by atoms with van der Waals surface area (Å²) in [7, 11) is 1.65. The van der Waals surface area contributed by atoms with Gasteiger partial charge in [0.05, 0.1) is 17.1 Å². The normalized spacial score (nSPS) is 16.9. The molecule has 28 heavy (non-hydrogen) atoms. The van der Waals surface area contributed by atoms with Gasteiger partial charge in [-0.1, -0.05) is 19.3 Å². The van der Waals surface area contributed by atoms with Gasteiger partial charge in [0, 0.05) is 13.1 Å². The van der Waals surface area contributed by atoms with Crippen LogP contribution >= 0.6 is 0 Å². The van der Waals surface area contributed by atoms with Crippen LogP contribution in [0.15, 0.2) is 10.9 Å². The van der Waals surface area contributed by atoms with Gasteiger partial charge in [0.2, 0.25) is 0 Å². The van der Waals surface area contributed by atoms with E-state index in [9.17, 15) is 19.6 Å². The maximum absolute atomic E-state index is 12.5. The number of nitriles is 1. The molecule has 0 aromatic carbocycles. The number of H-pyrrole nitrogens is 1. The molecule has 1 fully saturated rings. The summed E-state index contributed by atoms with van der Waals surface area (Å²) >= 11 is 0. The second-order valence-electron chi connectivity index (χ2n) is 7.27. The fourth-order valence-electron chi connectivity index (χ4n) is 3.61. The molecule has 9 nitrogen and oxygen atoms in total. The summed E-state index contributed by atoms with van der Waals surface area (Å²) in [6, 6.07) is 3.34. The van der Waals surface area contributed by atoms with Crippen molar-refractivity contribution in [2.45, 2.75) is 57.6 Å². The van der Waals surface area contributed by atoms with Gasteiger partial charge in [-0.3, -0.25) is 14.3 Å². The Bertz CT molecular complexity index is 1020. The Balaban J connectivity index is 1.74. The van der Waals surface area contributed by atoms with Gasteiger partial charge in [0.25, 0.3) is 5.91 Å². The third-order valence-electron chi connectivity index (χ3n) is 5.15. The number of rotatable bonds is 4. The summed E-state index contributed by atoms with van der Waals surface area (Å²) in [6.45, 7) is 3.14. The van der Waals surface area contributed by atoms with Gasteiger partial charge in [-0.15, -0.1) is 0 Å². The highest BCUT2D eigenvalue weighted by atomic mass is 16.5. The second-order valence-corrected chi connectivity index (χ2v) is 7.27. The van der Waals surface area contributed by atoms with E-state index >= 15 is 0 Å². The molecule has 0 spiro atoms. The van der Waals surface area contributed by atoms with E-state index in [-0.39, 0.29) is 11.1 Å². The number of aromatic nitrogens is 3. The van der Waals surface area contributed by atoms with E-state index in [1.807, 2.05) is 0 Å². The van der Waals surface area contributed by atoms with Crippen molar-refractivity contribution >= 4 is 22.9 Å². The topological polar surface area (TPSA) is 130 Å². The van der Waals surface area contributed by atoms with Crippen molar-refractivity contribution in [3.8, 4) is 6.07 Å². The molecule has 3 rings (SSSR count). The molecule has 2 N–H and O–H groups in total. The van der Waals surface area contributed by atoms with Crippen LogP contribution in [-0.4, -0.2) is 38.3 Å². The number of carbonyl (C=O) groups is 2. The van der Waals surface area contributed by atoms with Crippen molar-refractivity contribution < 1.29 is 14.3 Å². The molecule has 2 heterocycles. The van der Waals surface area contributed by atoms with Crippen LogP contribution < -0.4 is 10.7 Å². The lowest BCUT2D eigenvalue weighted by atomic mass is 9.83. The van der Waals surface area contributed by atoms with E-state index in [0.717, 1.165) is 25.3 Å². The van der Waals surface area contributed by atoms with Crippen molar-refractivity contribution in [1.29, 1.82) is 5.26 Å². The van der Waals surface area contributed by atoms with Crippen LogP contribution in [0.5, 0.6) is 0 Å². The fraction of sp³-hybridized carbons (Fsp3) is 0.526. The third kappa shape index (κ3) is 3.63. The Kier molecular flexibility index (Phi) is 5.23. The van der Waals surface area contributed by atoms with Gasteiger partial charge in [-0.2, -0.15) is 10.4 Å². The van der Waals surface area contributed by atoms with E-state index in [0.29, 0.717) is 29.6 Å². The minimum absolute atomic E-state index is 0.0622. The maximum atomic E-state index is 12.5. The van der Waals surface area contributed by atoms with E-state index in [4.69, 9.17) is 4.74 Å². The summed E-state index contributed by atoms with van der Waals surface area (Å²) in [5.41, 5.74) is -0.364. The van der Waals surface area contributed by atoms with Crippen molar-refractivity contribution in [1.82, 2.24) is 20.1 Å². The number of nitrogens with zero attached hydrogens (tertiary/aromatic N) is 3. The Hall–Kier alpha value is -3.15. The van der Waals surface area contributed by atoms with E-state index in [1.165, 1.54) is 11.6 Å². The molecule has 0 saturated heterocycles. The molecule has 2 aromatic rings. The van der Waals surface area contributed by atoms with Crippen LogP contribution in [0, 0.1) is 18.3 Å². The Labute approximate surface area is 161 Å². The molecule has 0 unspecified atom stereocenters. The summed E-state index contributed by atoms with van der Waals surface area (Å²) < 4.78 is 6.69. The summed E-state index contributed by atoms with van der Waals surface area (Å²) in [6.07, 6.45) is 2.83. The van der Waals surface area contributed by atoms with Crippen LogP contribution in [0.2, 0.25) is 0 Å². The molecule has 2 aromatic heterocycles. The van der Waals surface area contributed by atoms with Crippen LogP contribution in [0.25, 0.3) is 11.0 Å². The average molecular weight is 385 g/mol. The molecular formula is C19H23N5O4. The second kappa shape index (κ2) is 7.46. The number of amides is 1. The number of hydrogen-bond donors (Lipinski definition) is 2. The zero-order chi connectivity index (χ0) is 20.5. The third-order valence-corrected chi connectivity index (χ3v) is 5.15. The molecule has 0 radical (unpaired) electrons. The lowest BCUT2D eigenvalue weighted by molar-refractivity contribution is -0.130. The number of carbonyl (C=O) groups excluding carboxylic acids is 2. The first-order valence-corrected chi connectivity index (χ1v) is 9.27. The number of pyridine rings is 1. The van der Waals surface area contributed by atoms with Crippen LogP contribution in [0.4, 0.5) is 0 Å². The molecule has 1 saturated carbocycles. The first-order chi connectivity index (χ1) is 13.3. The Morgan fingerprint density at radius 1 is 1.39 bits per heavy atom. The van der Waals surface area contributed by atoms with Crippen molar-refractivity contribution in [3.63, 3.8) is 0 Å². The standard InChI is InChI=1S/C19H23N5O4/c1-11-15-14(25)9-13(21-16(15)24(3)23-11)18(27)28-12(2)17(26)22-19(10-20)7-5-4-6-8-19/h9,12H,4-8H2,1-3H3,(H,21,25)(H,22,26)/t12-/m0/s1. The first kappa shape index (κ1) is 19.6. The van der Waals surface area contributed by atoms with Gasteiger partial charge < -0.3 is 15.0 Å². The smallest absolute Gasteiger partial charge is 0.355 e. The molecule has 148 valence electrons. The monoisotopic (exact) mass is 385 g/mol. The van der Waals surface area contributed by atoms with E-state index in [1.54, 1.807) is 14.0 Å². The molecule has 9 heteroatoms. The highest BCUT2D eigenvalue weighted by molar-refractivity contribution is 5.93. The maximum Gasteiger partial charge on any atom is 0.355 e. The van der Waals surface area contributed by atoms with Crippen molar-refractivity contribution in [2.24, 2.45) is 7.05 Å². The number of esters is 1. The molecule has 1 amide bonds.